The summed E-state index contributed by atoms with van der Waals surface area (Å²) in [4.78, 5) is 40.8. The number of oxime groups is 1. The number of rotatable bonds is 4. The van der Waals surface area contributed by atoms with Gasteiger partial charge < -0.3 is 20.2 Å². The maximum atomic E-state index is 13.0. The van der Waals surface area contributed by atoms with E-state index in [1.54, 1.807) is 39.5 Å². The number of alkyl halides is 3. The van der Waals surface area contributed by atoms with Gasteiger partial charge in [0, 0.05) is 24.6 Å². The molecule has 12 heteroatoms. The predicted octanol–water partition coefficient (Wildman–Crippen LogP) is 4.70. The molecule has 2 N–H and O–H groups in total. The van der Waals surface area contributed by atoms with E-state index in [1.807, 2.05) is 0 Å². The van der Waals surface area contributed by atoms with Gasteiger partial charge in [-0.05, 0) is 59.6 Å². The van der Waals surface area contributed by atoms with Crippen LogP contribution in [0.15, 0.2) is 29.4 Å². The summed E-state index contributed by atoms with van der Waals surface area (Å²) >= 11 is 0. The van der Waals surface area contributed by atoms with Crippen LogP contribution in [0, 0.1) is 13.8 Å². The molecule has 0 bridgehead atoms. The van der Waals surface area contributed by atoms with Crippen LogP contribution in [-0.2, 0) is 15.8 Å². The van der Waals surface area contributed by atoms with Crippen LogP contribution < -0.4 is 5.73 Å². The molecule has 0 spiro atoms. The zero-order chi connectivity index (χ0) is 27.5. The van der Waals surface area contributed by atoms with Crippen molar-refractivity contribution in [2.45, 2.75) is 65.2 Å². The van der Waals surface area contributed by atoms with Crippen molar-refractivity contribution in [3.8, 4) is 0 Å². The Bertz CT molecular complexity index is 1200. The molecule has 9 nitrogen and oxygen atoms in total. The molecule has 2 heterocycles. The first-order valence-corrected chi connectivity index (χ1v) is 11.7. The topological polar surface area (TPSA) is 120 Å². The molecule has 0 unspecified atom stereocenters. The third-order valence-electron chi connectivity index (χ3n) is 5.68. The van der Waals surface area contributed by atoms with Gasteiger partial charge >= 0.3 is 18.2 Å². The summed E-state index contributed by atoms with van der Waals surface area (Å²) < 4.78 is 44.4. The summed E-state index contributed by atoms with van der Waals surface area (Å²) in [6.07, 6.45) is -3.90. The lowest BCUT2D eigenvalue weighted by Crippen LogP contribution is -2.41. The number of carbonyl (C=O) groups excluding carboxylic acids is 2. The van der Waals surface area contributed by atoms with Crippen LogP contribution in [0.5, 0.6) is 0 Å². The van der Waals surface area contributed by atoms with Gasteiger partial charge in [0.05, 0.1) is 17.0 Å². The van der Waals surface area contributed by atoms with Crippen molar-refractivity contribution in [2.24, 2.45) is 10.9 Å². The van der Waals surface area contributed by atoms with E-state index in [2.05, 4.69) is 15.1 Å². The molecule has 1 aromatic heterocycles. The second-order valence-corrected chi connectivity index (χ2v) is 9.79. The number of amides is 1. The zero-order valence-electron chi connectivity index (χ0n) is 21.3. The first-order valence-electron chi connectivity index (χ1n) is 11.7. The number of nitrogens with zero attached hydrogens (tertiary/aromatic N) is 4. The minimum Gasteiger partial charge on any atom is -0.444 e. The first-order chi connectivity index (χ1) is 17.2. The lowest BCUT2D eigenvalue weighted by molar-refractivity contribution is -0.137. The van der Waals surface area contributed by atoms with Crippen LogP contribution in [0.2, 0.25) is 0 Å². The Morgan fingerprint density at radius 1 is 1.11 bits per heavy atom. The normalized spacial score (nSPS) is 15.5. The fraction of sp³-hybridized carbons (Fsp3) is 0.480. The third kappa shape index (κ3) is 7.17. The smallest absolute Gasteiger partial charge is 0.416 e. The van der Waals surface area contributed by atoms with Crippen molar-refractivity contribution in [2.75, 3.05) is 13.1 Å². The molecule has 0 radical (unpaired) electrons. The number of likely N-dealkylation sites (tertiary alicyclic amines) is 1. The van der Waals surface area contributed by atoms with Crippen LogP contribution in [-0.4, -0.2) is 51.5 Å². The van der Waals surface area contributed by atoms with Gasteiger partial charge in [-0.2, -0.15) is 13.2 Å². The van der Waals surface area contributed by atoms with E-state index in [4.69, 9.17) is 15.3 Å². The highest BCUT2D eigenvalue weighted by Gasteiger charge is 2.32. The Kier molecular flexibility index (Phi) is 8.09. The number of nitrogens with two attached hydrogens (primary N) is 1. The molecule has 3 rings (SSSR count). The van der Waals surface area contributed by atoms with E-state index in [9.17, 15) is 22.8 Å². The van der Waals surface area contributed by atoms with Crippen LogP contribution >= 0.6 is 0 Å². The van der Waals surface area contributed by atoms with Crippen molar-refractivity contribution in [3.05, 3.63) is 58.2 Å². The molecule has 1 aliphatic rings. The van der Waals surface area contributed by atoms with Gasteiger partial charge in [0.25, 0.3) is 0 Å². The van der Waals surface area contributed by atoms with E-state index in [0.717, 1.165) is 12.1 Å². The summed E-state index contributed by atoms with van der Waals surface area (Å²) in [7, 11) is 0. The molecule has 200 valence electrons. The maximum Gasteiger partial charge on any atom is 0.416 e. The number of hydrogen-bond donors (Lipinski definition) is 1. The average molecular weight is 522 g/mol. The molecule has 1 aliphatic heterocycles. The molecule has 1 saturated heterocycles. The number of ether oxygens (including phenoxy) is 1. The van der Waals surface area contributed by atoms with Crippen molar-refractivity contribution < 1.29 is 32.3 Å². The fourth-order valence-corrected chi connectivity index (χ4v) is 3.99. The lowest BCUT2D eigenvalue weighted by atomic mass is 9.90. The highest BCUT2D eigenvalue weighted by molar-refractivity contribution is 5.98. The number of amidine groups is 1. The Morgan fingerprint density at radius 3 is 2.35 bits per heavy atom. The van der Waals surface area contributed by atoms with Gasteiger partial charge in [0.15, 0.2) is 5.84 Å². The largest absolute Gasteiger partial charge is 0.444 e. The number of piperidine rings is 1. The van der Waals surface area contributed by atoms with Crippen LogP contribution in [0.25, 0.3) is 0 Å². The summed E-state index contributed by atoms with van der Waals surface area (Å²) in [5.74, 6) is -0.966. The van der Waals surface area contributed by atoms with Crippen LogP contribution in [0.4, 0.5) is 18.0 Å². The minimum atomic E-state index is -4.56. The van der Waals surface area contributed by atoms with E-state index in [1.165, 1.54) is 12.1 Å². The Balaban J connectivity index is 1.78. The van der Waals surface area contributed by atoms with Gasteiger partial charge in [-0.25, -0.2) is 19.6 Å². The number of halogens is 3. The highest BCUT2D eigenvalue weighted by atomic mass is 19.4. The first kappa shape index (κ1) is 27.9. The van der Waals surface area contributed by atoms with Gasteiger partial charge in [-0.1, -0.05) is 17.3 Å². The summed E-state index contributed by atoms with van der Waals surface area (Å²) in [6, 6.07) is 4.22. The third-order valence-corrected chi connectivity index (χ3v) is 5.68. The molecule has 0 saturated carbocycles. The van der Waals surface area contributed by atoms with E-state index in [0.29, 0.717) is 43.1 Å². The number of benzene rings is 1. The predicted molar refractivity (Wildman–Crippen MR) is 129 cm³/mol. The Labute approximate surface area is 212 Å². The molecule has 1 amide bonds. The number of aromatic nitrogens is 2. The minimum absolute atomic E-state index is 0.0470. The zero-order valence-corrected chi connectivity index (χ0v) is 21.3. The highest BCUT2D eigenvalue weighted by Crippen LogP contribution is 2.32. The van der Waals surface area contributed by atoms with Gasteiger partial charge in [-0.3, -0.25) is 0 Å². The summed E-state index contributed by atoms with van der Waals surface area (Å²) in [6.45, 7) is 9.54. The Hall–Kier alpha value is -3.70. The maximum absolute atomic E-state index is 13.0. The van der Waals surface area contributed by atoms with Crippen molar-refractivity contribution in [3.63, 3.8) is 0 Å². The monoisotopic (exact) mass is 521 g/mol. The standard InChI is InChI=1S/C25H30F3N5O4/c1-14-19(22(34)37-32-21(29)17-7-6-8-18(13-17)25(26,27)28)20(31-15(2)30-14)16-9-11-33(12-10-16)23(35)36-24(3,4)5/h6-8,13,16H,9-12H2,1-5H3,(H2,29,32). The van der Waals surface area contributed by atoms with Crippen LogP contribution in [0.3, 0.4) is 0 Å². The molecule has 1 aromatic carbocycles. The second-order valence-electron chi connectivity index (χ2n) is 9.79. The molecule has 1 fully saturated rings. The van der Waals surface area contributed by atoms with E-state index < -0.39 is 35.2 Å². The second kappa shape index (κ2) is 10.7. The van der Waals surface area contributed by atoms with Crippen LogP contribution in [0.1, 0.15) is 78.2 Å². The molecule has 0 atom stereocenters. The number of aryl methyl sites for hydroxylation is 2. The number of carbonyl (C=O) groups is 2. The quantitative estimate of drug-likeness (QED) is 0.268. The van der Waals surface area contributed by atoms with Gasteiger partial charge in [0.2, 0.25) is 0 Å². The van der Waals surface area contributed by atoms with Crippen molar-refractivity contribution in [1.82, 2.24) is 14.9 Å². The number of hydrogen-bond acceptors (Lipinski definition) is 7. The molecular weight excluding hydrogens is 491 g/mol. The SMILES string of the molecule is Cc1nc(C)c(C(=O)O/N=C(\N)c2cccc(C(F)(F)F)c2)c(C2CCN(C(=O)OC(C)(C)C)CC2)n1. The fourth-order valence-electron chi connectivity index (χ4n) is 3.99. The molecule has 0 aliphatic carbocycles. The van der Waals surface area contributed by atoms with E-state index in [-0.39, 0.29) is 17.0 Å². The van der Waals surface area contributed by atoms with Crippen molar-refractivity contribution >= 4 is 17.9 Å². The Morgan fingerprint density at radius 2 is 1.76 bits per heavy atom. The van der Waals surface area contributed by atoms with Crippen molar-refractivity contribution in [1.29, 1.82) is 0 Å². The molecule has 37 heavy (non-hydrogen) atoms. The molecule has 2 aromatic rings. The summed E-state index contributed by atoms with van der Waals surface area (Å²) in [5.41, 5.74) is 5.18. The molecular formula is C25H30F3N5O4. The summed E-state index contributed by atoms with van der Waals surface area (Å²) in [5, 5.41) is 3.57. The van der Waals surface area contributed by atoms with E-state index >= 15 is 0 Å². The lowest BCUT2D eigenvalue weighted by Gasteiger charge is -2.33. The van der Waals surface area contributed by atoms with Gasteiger partial charge in [-0.15, -0.1) is 0 Å². The van der Waals surface area contributed by atoms with Gasteiger partial charge in [0.1, 0.15) is 17.0 Å². The average Bonchev–Trinajstić information content (AvgIpc) is 2.80.